The number of anilines is 2. The second-order valence-corrected chi connectivity index (χ2v) is 5.87. The number of nitrogens with one attached hydrogen (secondary N) is 2. The van der Waals surface area contributed by atoms with Crippen molar-refractivity contribution in [3.8, 4) is 0 Å². The number of hydrogen-bond acceptors (Lipinski definition) is 3. The largest absolute Gasteiger partial charge is 0.370 e. The number of pyridine rings is 1. The van der Waals surface area contributed by atoms with Crippen LogP contribution in [0.1, 0.15) is 36.2 Å². The number of aryl methyl sites for hydroxylation is 1. The Balaban J connectivity index is 1.92. The van der Waals surface area contributed by atoms with Crippen LogP contribution in [0, 0.1) is 12.8 Å². The van der Waals surface area contributed by atoms with Crippen LogP contribution in [0.15, 0.2) is 42.6 Å². The Morgan fingerprint density at radius 1 is 1.23 bits per heavy atom. The Labute approximate surface area is 132 Å². The smallest absolute Gasteiger partial charge is 0.255 e. The lowest BCUT2D eigenvalue weighted by Gasteiger charge is -2.09. The average Bonchev–Trinajstić information content (AvgIpc) is 2.48. The highest BCUT2D eigenvalue weighted by Gasteiger charge is 2.06. The second-order valence-electron chi connectivity index (χ2n) is 5.87. The van der Waals surface area contributed by atoms with Crippen molar-refractivity contribution >= 4 is 17.4 Å². The maximum Gasteiger partial charge on any atom is 0.255 e. The van der Waals surface area contributed by atoms with Crippen molar-refractivity contribution in [2.75, 3.05) is 17.2 Å². The molecule has 0 fully saturated rings. The summed E-state index contributed by atoms with van der Waals surface area (Å²) in [6.45, 7) is 7.26. The van der Waals surface area contributed by atoms with Gasteiger partial charge < -0.3 is 10.6 Å². The number of amides is 1. The normalized spacial score (nSPS) is 10.5. The summed E-state index contributed by atoms with van der Waals surface area (Å²) >= 11 is 0. The third-order valence-electron chi connectivity index (χ3n) is 3.33. The van der Waals surface area contributed by atoms with E-state index in [0.717, 1.165) is 24.3 Å². The van der Waals surface area contributed by atoms with E-state index in [1.165, 1.54) is 0 Å². The molecule has 0 saturated heterocycles. The van der Waals surface area contributed by atoms with Gasteiger partial charge in [0.1, 0.15) is 5.82 Å². The molecule has 0 atom stereocenters. The quantitative estimate of drug-likeness (QED) is 0.844. The SMILES string of the molecule is Cc1cccc(C(=O)Nc2ccc(NCCC(C)C)nc2)c1. The van der Waals surface area contributed by atoms with Crippen molar-refractivity contribution in [2.24, 2.45) is 5.92 Å². The second kappa shape index (κ2) is 7.59. The van der Waals surface area contributed by atoms with Crippen LogP contribution in [0.3, 0.4) is 0 Å². The van der Waals surface area contributed by atoms with Crippen molar-refractivity contribution in [1.29, 1.82) is 0 Å². The van der Waals surface area contributed by atoms with Crippen LogP contribution >= 0.6 is 0 Å². The molecule has 2 rings (SSSR count). The van der Waals surface area contributed by atoms with Gasteiger partial charge in [-0.2, -0.15) is 0 Å². The molecule has 0 aliphatic rings. The minimum atomic E-state index is -0.119. The summed E-state index contributed by atoms with van der Waals surface area (Å²) in [5.41, 5.74) is 2.41. The van der Waals surface area contributed by atoms with Gasteiger partial charge in [-0.1, -0.05) is 31.5 Å². The monoisotopic (exact) mass is 297 g/mol. The van der Waals surface area contributed by atoms with Gasteiger partial charge in [0.15, 0.2) is 0 Å². The fourth-order valence-electron chi connectivity index (χ4n) is 2.05. The zero-order chi connectivity index (χ0) is 15.9. The number of hydrogen-bond donors (Lipinski definition) is 2. The Kier molecular flexibility index (Phi) is 5.53. The molecule has 0 bridgehead atoms. The number of rotatable bonds is 6. The Morgan fingerprint density at radius 2 is 2.05 bits per heavy atom. The molecule has 0 saturated carbocycles. The van der Waals surface area contributed by atoms with Crippen molar-refractivity contribution in [2.45, 2.75) is 27.2 Å². The third-order valence-corrected chi connectivity index (χ3v) is 3.33. The first-order chi connectivity index (χ1) is 10.5. The summed E-state index contributed by atoms with van der Waals surface area (Å²) in [6, 6.07) is 11.3. The molecule has 0 aliphatic carbocycles. The van der Waals surface area contributed by atoms with Gasteiger partial charge in [0, 0.05) is 12.1 Å². The van der Waals surface area contributed by atoms with Gasteiger partial charge in [0.05, 0.1) is 11.9 Å². The van der Waals surface area contributed by atoms with Crippen LogP contribution in [-0.2, 0) is 0 Å². The predicted molar refractivity (Wildman–Crippen MR) is 91.3 cm³/mol. The van der Waals surface area contributed by atoms with Crippen LogP contribution in [0.2, 0.25) is 0 Å². The zero-order valence-corrected chi connectivity index (χ0v) is 13.4. The molecule has 116 valence electrons. The molecule has 1 amide bonds. The van der Waals surface area contributed by atoms with Crippen molar-refractivity contribution in [3.63, 3.8) is 0 Å². The summed E-state index contributed by atoms with van der Waals surface area (Å²) in [5.74, 6) is 1.38. The van der Waals surface area contributed by atoms with Crippen molar-refractivity contribution in [1.82, 2.24) is 4.98 Å². The molecule has 4 heteroatoms. The lowest BCUT2D eigenvalue weighted by Crippen LogP contribution is -2.12. The molecule has 0 radical (unpaired) electrons. The van der Waals surface area contributed by atoms with E-state index in [9.17, 15) is 4.79 Å². The van der Waals surface area contributed by atoms with Gasteiger partial charge in [0.25, 0.3) is 5.91 Å². The highest BCUT2D eigenvalue weighted by Crippen LogP contribution is 2.12. The molecular weight excluding hydrogens is 274 g/mol. The molecule has 2 N–H and O–H groups in total. The van der Waals surface area contributed by atoms with Gasteiger partial charge in [0.2, 0.25) is 0 Å². The topological polar surface area (TPSA) is 54.0 Å². The van der Waals surface area contributed by atoms with E-state index in [1.54, 1.807) is 12.3 Å². The van der Waals surface area contributed by atoms with Crippen molar-refractivity contribution in [3.05, 3.63) is 53.7 Å². The summed E-state index contributed by atoms with van der Waals surface area (Å²) in [7, 11) is 0. The van der Waals surface area contributed by atoms with E-state index in [0.29, 0.717) is 17.2 Å². The predicted octanol–water partition coefficient (Wildman–Crippen LogP) is 4.10. The van der Waals surface area contributed by atoms with Gasteiger partial charge in [-0.3, -0.25) is 4.79 Å². The van der Waals surface area contributed by atoms with E-state index in [2.05, 4.69) is 29.5 Å². The van der Waals surface area contributed by atoms with Gasteiger partial charge in [-0.25, -0.2) is 4.98 Å². The third kappa shape index (κ3) is 4.88. The Bertz CT molecular complexity index is 620. The minimum Gasteiger partial charge on any atom is -0.370 e. The highest BCUT2D eigenvalue weighted by atomic mass is 16.1. The molecule has 1 aromatic carbocycles. The van der Waals surface area contributed by atoms with E-state index in [-0.39, 0.29) is 5.91 Å². The van der Waals surface area contributed by atoms with E-state index >= 15 is 0 Å². The Hall–Kier alpha value is -2.36. The summed E-state index contributed by atoms with van der Waals surface area (Å²) in [4.78, 5) is 16.5. The lowest BCUT2D eigenvalue weighted by molar-refractivity contribution is 0.102. The molecule has 0 unspecified atom stereocenters. The number of benzene rings is 1. The summed E-state index contributed by atoms with van der Waals surface area (Å²) in [5, 5.41) is 6.13. The molecule has 4 nitrogen and oxygen atoms in total. The standard InChI is InChI=1S/C18H23N3O/c1-13(2)9-10-19-17-8-7-16(12-20-17)21-18(22)15-6-4-5-14(3)11-15/h4-8,11-13H,9-10H2,1-3H3,(H,19,20)(H,21,22). The molecule has 1 aromatic heterocycles. The lowest BCUT2D eigenvalue weighted by atomic mass is 10.1. The first-order valence-corrected chi connectivity index (χ1v) is 7.62. The van der Waals surface area contributed by atoms with E-state index in [4.69, 9.17) is 0 Å². The number of carbonyl (C=O) groups excluding carboxylic acids is 1. The van der Waals surface area contributed by atoms with Crippen LogP contribution in [-0.4, -0.2) is 17.4 Å². The van der Waals surface area contributed by atoms with Crippen LogP contribution < -0.4 is 10.6 Å². The van der Waals surface area contributed by atoms with Gasteiger partial charge in [-0.15, -0.1) is 0 Å². The fourth-order valence-corrected chi connectivity index (χ4v) is 2.05. The molecular formula is C18H23N3O. The fraction of sp³-hybridized carbons (Fsp3) is 0.333. The van der Waals surface area contributed by atoms with Crippen LogP contribution in [0.5, 0.6) is 0 Å². The average molecular weight is 297 g/mol. The van der Waals surface area contributed by atoms with Crippen LogP contribution in [0.25, 0.3) is 0 Å². The molecule has 1 heterocycles. The Morgan fingerprint density at radius 3 is 2.68 bits per heavy atom. The maximum atomic E-state index is 12.1. The minimum absolute atomic E-state index is 0.119. The summed E-state index contributed by atoms with van der Waals surface area (Å²) in [6.07, 6.45) is 2.78. The maximum absolute atomic E-state index is 12.1. The number of carbonyl (C=O) groups is 1. The number of aromatic nitrogens is 1. The van der Waals surface area contributed by atoms with Gasteiger partial charge >= 0.3 is 0 Å². The van der Waals surface area contributed by atoms with Crippen molar-refractivity contribution < 1.29 is 4.79 Å². The first kappa shape index (κ1) is 16.0. The van der Waals surface area contributed by atoms with Crippen LogP contribution in [0.4, 0.5) is 11.5 Å². The molecule has 22 heavy (non-hydrogen) atoms. The van der Waals surface area contributed by atoms with Gasteiger partial charge in [-0.05, 0) is 43.5 Å². The zero-order valence-electron chi connectivity index (χ0n) is 13.4. The molecule has 0 spiro atoms. The van der Waals surface area contributed by atoms with E-state index in [1.807, 2.05) is 37.3 Å². The molecule has 2 aromatic rings. The van der Waals surface area contributed by atoms with E-state index < -0.39 is 0 Å². The molecule has 0 aliphatic heterocycles. The highest BCUT2D eigenvalue weighted by molar-refractivity contribution is 6.04. The first-order valence-electron chi connectivity index (χ1n) is 7.62. The number of nitrogens with zero attached hydrogens (tertiary/aromatic N) is 1. The summed E-state index contributed by atoms with van der Waals surface area (Å²) < 4.78 is 0.